The summed E-state index contributed by atoms with van der Waals surface area (Å²) in [4.78, 5) is 27.0. The molecule has 1 aliphatic rings. The van der Waals surface area contributed by atoms with E-state index < -0.39 is 5.91 Å². The van der Waals surface area contributed by atoms with Gasteiger partial charge in [-0.3, -0.25) is 14.6 Å². The number of aryl methyl sites for hydroxylation is 1. The summed E-state index contributed by atoms with van der Waals surface area (Å²) >= 11 is 0. The third-order valence-corrected chi connectivity index (χ3v) is 5.16. The maximum absolute atomic E-state index is 12.0. The van der Waals surface area contributed by atoms with Crippen LogP contribution in [0.5, 0.6) is 5.75 Å². The van der Waals surface area contributed by atoms with Crippen molar-refractivity contribution in [3.05, 3.63) is 64.7 Å². The van der Waals surface area contributed by atoms with Crippen LogP contribution in [0.4, 0.5) is 0 Å². The van der Waals surface area contributed by atoms with Gasteiger partial charge in [0, 0.05) is 31.3 Å². The molecule has 0 unspecified atom stereocenters. The Morgan fingerprint density at radius 3 is 2.39 bits per heavy atom. The zero-order valence-electron chi connectivity index (χ0n) is 19.0. The molecule has 1 fully saturated rings. The van der Waals surface area contributed by atoms with Crippen molar-refractivity contribution < 1.29 is 14.3 Å². The van der Waals surface area contributed by atoms with Crippen molar-refractivity contribution in [3.8, 4) is 5.75 Å². The van der Waals surface area contributed by atoms with Gasteiger partial charge in [-0.2, -0.15) is 0 Å². The Bertz CT molecular complexity index is 975. The molecule has 0 atom stereocenters. The van der Waals surface area contributed by atoms with E-state index in [2.05, 4.69) is 46.1 Å². The lowest BCUT2D eigenvalue weighted by Gasteiger charge is -2.15. The maximum atomic E-state index is 12.0. The molecule has 0 aliphatic heterocycles. The number of guanidine groups is 1. The average Bonchev–Trinajstić information content (AvgIpc) is 3.62. The molecule has 1 saturated carbocycles. The molecule has 8 nitrogen and oxygen atoms in total. The minimum atomic E-state index is -0.578. The predicted molar refractivity (Wildman–Crippen MR) is 140 cm³/mol. The monoisotopic (exact) mass is 565 g/mol. The van der Waals surface area contributed by atoms with Crippen LogP contribution >= 0.6 is 24.0 Å². The van der Waals surface area contributed by atoms with Gasteiger partial charge < -0.3 is 26.4 Å². The molecular weight excluding hydrogens is 533 g/mol. The van der Waals surface area contributed by atoms with Crippen LogP contribution in [-0.4, -0.2) is 38.0 Å². The lowest BCUT2D eigenvalue weighted by atomic mass is 10.1. The number of nitrogens with one attached hydrogen (secondary N) is 3. The van der Waals surface area contributed by atoms with Crippen molar-refractivity contribution in [3.63, 3.8) is 0 Å². The van der Waals surface area contributed by atoms with E-state index in [4.69, 9.17) is 10.5 Å². The normalized spacial score (nSPS) is 13.0. The summed E-state index contributed by atoms with van der Waals surface area (Å²) in [5.74, 6) is 1.38. The van der Waals surface area contributed by atoms with Gasteiger partial charge in [0.1, 0.15) is 5.75 Å². The first-order valence-corrected chi connectivity index (χ1v) is 10.8. The number of aliphatic imine (C=N–C) groups is 1. The first kappa shape index (κ1) is 26.4. The van der Waals surface area contributed by atoms with E-state index in [1.54, 1.807) is 19.2 Å². The molecule has 1 aliphatic carbocycles. The maximum Gasteiger partial charge on any atom is 0.251 e. The zero-order valence-corrected chi connectivity index (χ0v) is 21.3. The van der Waals surface area contributed by atoms with Gasteiger partial charge in [0.2, 0.25) is 5.91 Å². The number of carbonyl (C=O) groups is 2. The van der Waals surface area contributed by atoms with Crippen LogP contribution in [0.3, 0.4) is 0 Å². The van der Waals surface area contributed by atoms with Gasteiger partial charge in [-0.15, -0.1) is 24.0 Å². The molecule has 0 radical (unpaired) electrons. The van der Waals surface area contributed by atoms with Crippen LogP contribution in [0.15, 0.2) is 47.5 Å². The van der Waals surface area contributed by atoms with E-state index in [0.717, 1.165) is 23.5 Å². The van der Waals surface area contributed by atoms with E-state index in [-0.39, 0.29) is 36.4 Å². The minimum absolute atomic E-state index is 0. The Hall–Kier alpha value is -2.82. The number of primary amides is 1. The molecule has 0 bridgehead atoms. The number of amides is 2. The lowest BCUT2D eigenvalue weighted by molar-refractivity contribution is -0.117. The minimum Gasteiger partial charge on any atom is -0.493 e. The van der Waals surface area contributed by atoms with Gasteiger partial charge in [-0.25, -0.2) is 0 Å². The van der Waals surface area contributed by atoms with Crippen LogP contribution in [-0.2, 0) is 17.9 Å². The standard InChI is InChI=1S/C24H31N5O3.HI/c1-16-3-8-20(21(11-16)32-15-18-4-5-18)13-29-24(26-2)28-12-17-6-9-19(10-7-17)23(31)27-14-22(25)30;/h3,6-11,18H,4-5,12-15H2,1-2H3,(H2,25,30)(H,27,31)(H2,26,28,29);1H. The molecule has 2 aromatic rings. The summed E-state index contributed by atoms with van der Waals surface area (Å²) in [6.45, 7) is 3.80. The van der Waals surface area contributed by atoms with Crippen LogP contribution in [0.2, 0.25) is 0 Å². The number of halogens is 1. The summed E-state index contributed by atoms with van der Waals surface area (Å²) in [6, 6.07) is 13.4. The van der Waals surface area contributed by atoms with Crippen molar-refractivity contribution in [2.75, 3.05) is 20.2 Å². The number of hydrogen-bond acceptors (Lipinski definition) is 4. The van der Waals surface area contributed by atoms with E-state index in [9.17, 15) is 9.59 Å². The SMILES string of the molecule is CN=C(NCc1ccc(C(=O)NCC(N)=O)cc1)NCc1ccc(C)cc1OCC1CC1.I. The fourth-order valence-electron chi connectivity index (χ4n) is 3.06. The lowest BCUT2D eigenvalue weighted by Crippen LogP contribution is -2.36. The highest BCUT2D eigenvalue weighted by atomic mass is 127. The quantitative estimate of drug-likeness (QED) is 0.201. The number of hydrogen-bond donors (Lipinski definition) is 4. The highest BCUT2D eigenvalue weighted by Crippen LogP contribution is 2.30. The second-order valence-electron chi connectivity index (χ2n) is 7.99. The molecule has 33 heavy (non-hydrogen) atoms. The molecule has 2 aromatic carbocycles. The smallest absolute Gasteiger partial charge is 0.251 e. The van der Waals surface area contributed by atoms with E-state index in [1.165, 1.54) is 18.4 Å². The van der Waals surface area contributed by atoms with Crippen LogP contribution in [0.1, 0.15) is 39.9 Å². The summed E-state index contributed by atoms with van der Waals surface area (Å²) in [5.41, 5.74) is 8.76. The van der Waals surface area contributed by atoms with Crippen molar-refractivity contribution in [1.82, 2.24) is 16.0 Å². The molecule has 3 rings (SSSR count). The molecule has 0 saturated heterocycles. The molecule has 178 valence electrons. The third-order valence-electron chi connectivity index (χ3n) is 5.16. The van der Waals surface area contributed by atoms with Gasteiger partial charge >= 0.3 is 0 Å². The second-order valence-corrected chi connectivity index (χ2v) is 7.99. The van der Waals surface area contributed by atoms with Crippen LogP contribution in [0, 0.1) is 12.8 Å². The number of nitrogens with zero attached hydrogens (tertiary/aromatic N) is 1. The molecule has 9 heteroatoms. The molecular formula is C24H32IN5O3. The van der Waals surface area contributed by atoms with E-state index in [1.807, 2.05) is 12.1 Å². The highest BCUT2D eigenvalue weighted by Gasteiger charge is 2.22. The van der Waals surface area contributed by atoms with Crippen molar-refractivity contribution in [1.29, 1.82) is 0 Å². The number of rotatable bonds is 10. The Kier molecular flexibility index (Phi) is 10.4. The van der Waals surface area contributed by atoms with Gasteiger partial charge in [-0.1, -0.05) is 24.3 Å². The Morgan fingerprint density at radius 1 is 1.06 bits per heavy atom. The zero-order chi connectivity index (χ0) is 22.9. The molecule has 0 spiro atoms. The summed E-state index contributed by atoms with van der Waals surface area (Å²) in [7, 11) is 1.72. The van der Waals surface area contributed by atoms with Gasteiger partial charge in [0.25, 0.3) is 5.91 Å². The Balaban J connectivity index is 0.00000385. The number of benzene rings is 2. The van der Waals surface area contributed by atoms with Crippen LogP contribution < -0.4 is 26.4 Å². The molecule has 0 heterocycles. The Labute approximate surface area is 211 Å². The van der Waals surface area contributed by atoms with Gasteiger partial charge in [0.05, 0.1) is 13.2 Å². The fraction of sp³-hybridized carbons (Fsp3) is 0.375. The first-order chi connectivity index (χ1) is 15.4. The second kappa shape index (κ2) is 13.0. The summed E-state index contributed by atoms with van der Waals surface area (Å²) in [6.07, 6.45) is 2.52. The first-order valence-electron chi connectivity index (χ1n) is 10.8. The molecule has 0 aromatic heterocycles. The summed E-state index contributed by atoms with van der Waals surface area (Å²) in [5, 5.41) is 9.07. The Morgan fingerprint density at radius 2 is 1.76 bits per heavy atom. The van der Waals surface area contributed by atoms with Crippen molar-refractivity contribution in [2.45, 2.75) is 32.9 Å². The third kappa shape index (κ3) is 8.91. The van der Waals surface area contributed by atoms with Crippen molar-refractivity contribution >= 4 is 41.8 Å². The fourth-order valence-corrected chi connectivity index (χ4v) is 3.06. The van der Waals surface area contributed by atoms with E-state index >= 15 is 0 Å². The average molecular weight is 565 g/mol. The van der Waals surface area contributed by atoms with Crippen molar-refractivity contribution in [2.24, 2.45) is 16.6 Å². The number of carbonyl (C=O) groups excluding carboxylic acids is 2. The highest BCUT2D eigenvalue weighted by molar-refractivity contribution is 14.0. The number of nitrogens with two attached hydrogens (primary N) is 1. The van der Waals surface area contributed by atoms with E-state index in [0.29, 0.717) is 30.5 Å². The largest absolute Gasteiger partial charge is 0.493 e. The van der Waals surface area contributed by atoms with Gasteiger partial charge in [-0.05, 0) is 55.0 Å². The van der Waals surface area contributed by atoms with Crippen LogP contribution in [0.25, 0.3) is 0 Å². The predicted octanol–water partition coefficient (Wildman–Crippen LogP) is 2.48. The summed E-state index contributed by atoms with van der Waals surface area (Å²) < 4.78 is 6.04. The molecule has 2 amide bonds. The molecule has 5 N–H and O–H groups in total. The van der Waals surface area contributed by atoms with Gasteiger partial charge in [0.15, 0.2) is 5.96 Å². The number of ether oxygens (including phenoxy) is 1. The topological polar surface area (TPSA) is 118 Å².